The van der Waals surface area contributed by atoms with Gasteiger partial charge in [0.05, 0.1) is 5.25 Å². The maximum Gasteiger partial charge on any atom is 0.327 e. The van der Waals surface area contributed by atoms with Crippen LogP contribution in [-0.2, 0) is 14.4 Å². The third kappa shape index (κ3) is 6.98. The van der Waals surface area contributed by atoms with Crippen molar-refractivity contribution in [2.24, 2.45) is 11.7 Å². The first-order valence-electron chi connectivity index (χ1n) is 5.87. The fraction of sp³-hybridized carbons (Fsp3) is 0.636. The number of imide groups is 1. The third-order valence-electron chi connectivity index (χ3n) is 2.23. The smallest absolute Gasteiger partial charge is 0.327 e. The van der Waals surface area contributed by atoms with Gasteiger partial charge in [-0.2, -0.15) is 0 Å². The molecule has 0 aliphatic carbocycles. The highest BCUT2D eigenvalue weighted by Crippen LogP contribution is 2.20. The van der Waals surface area contributed by atoms with Gasteiger partial charge in [0.1, 0.15) is 6.04 Å². The van der Waals surface area contributed by atoms with Crippen molar-refractivity contribution in [3.63, 3.8) is 0 Å². The molecule has 5 N–H and O–H groups in total. The molecule has 0 rings (SSSR count). The van der Waals surface area contributed by atoms with E-state index in [0.29, 0.717) is 0 Å². The molecule has 0 fully saturated rings. The lowest BCUT2D eigenvalue weighted by Crippen LogP contribution is -2.45. The molecule has 0 saturated heterocycles. The van der Waals surface area contributed by atoms with E-state index in [-0.39, 0.29) is 11.7 Å². The van der Waals surface area contributed by atoms with Crippen LogP contribution in [0.15, 0.2) is 0 Å². The number of nitrogens with one attached hydrogen (secondary N) is 2. The van der Waals surface area contributed by atoms with Crippen molar-refractivity contribution >= 4 is 35.6 Å². The first-order valence-corrected chi connectivity index (χ1v) is 6.91. The summed E-state index contributed by atoms with van der Waals surface area (Å²) >= 11 is 1.04. The molecule has 9 heteroatoms. The second-order valence-corrected chi connectivity index (χ2v) is 5.62. The number of aliphatic carboxylic acids is 1. The molecule has 20 heavy (non-hydrogen) atoms. The lowest BCUT2D eigenvalue weighted by Gasteiger charge is -2.21. The zero-order valence-electron chi connectivity index (χ0n) is 11.5. The molecule has 4 amide bonds. The second-order valence-electron chi connectivity index (χ2n) is 4.44. The summed E-state index contributed by atoms with van der Waals surface area (Å²) in [5.41, 5.74) is 4.87. The molecule has 114 valence electrons. The van der Waals surface area contributed by atoms with Crippen LogP contribution in [0, 0.1) is 5.92 Å². The van der Waals surface area contributed by atoms with E-state index in [2.05, 4.69) is 5.32 Å². The van der Waals surface area contributed by atoms with Crippen LogP contribution in [0.25, 0.3) is 0 Å². The van der Waals surface area contributed by atoms with Gasteiger partial charge < -0.3 is 16.2 Å². The predicted octanol–water partition coefficient (Wildman–Crippen LogP) is -0.472. The van der Waals surface area contributed by atoms with E-state index in [1.807, 2.05) is 5.32 Å². The number of carboxylic acid groups (broad SMARTS) is 1. The molecule has 0 aromatic rings. The Kier molecular flexibility index (Phi) is 7.67. The second kappa shape index (κ2) is 8.41. The van der Waals surface area contributed by atoms with Gasteiger partial charge >= 0.3 is 12.0 Å². The van der Waals surface area contributed by atoms with Crippen molar-refractivity contribution in [1.82, 2.24) is 10.6 Å². The minimum absolute atomic E-state index is 0.00391. The summed E-state index contributed by atoms with van der Waals surface area (Å²) in [6.45, 7) is 4.72. The highest BCUT2D eigenvalue weighted by molar-refractivity contribution is 8.00. The SMILES string of the molecule is CC(=O)N[C@@H](CSC(C(=O)NC(N)=O)C(C)C)C(=O)O. The number of carboxylic acids is 1. The van der Waals surface area contributed by atoms with Gasteiger partial charge in [0.25, 0.3) is 0 Å². The zero-order chi connectivity index (χ0) is 15.9. The summed E-state index contributed by atoms with van der Waals surface area (Å²) in [7, 11) is 0. The first kappa shape index (κ1) is 18.2. The average Bonchev–Trinajstić information content (AvgIpc) is 2.25. The van der Waals surface area contributed by atoms with Crippen molar-refractivity contribution < 1.29 is 24.3 Å². The Balaban J connectivity index is 4.66. The molecular formula is C11H19N3O5S. The average molecular weight is 305 g/mol. The summed E-state index contributed by atoms with van der Waals surface area (Å²) in [4.78, 5) is 44.2. The lowest BCUT2D eigenvalue weighted by molar-refractivity contribution is -0.140. The van der Waals surface area contributed by atoms with Gasteiger partial charge in [-0.25, -0.2) is 9.59 Å². The summed E-state index contributed by atoms with van der Waals surface area (Å²) in [6, 6.07) is -2.06. The standard InChI is InChI=1S/C11H19N3O5S/c1-5(2)8(9(16)14-11(12)19)20-4-7(10(17)18)13-6(3)15/h5,7-8H,4H2,1-3H3,(H,13,15)(H,17,18)(H3,12,14,16,19)/t7-,8?/m0/s1. The quantitative estimate of drug-likeness (QED) is 0.501. The van der Waals surface area contributed by atoms with Gasteiger partial charge in [-0.1, -0.05) is 13.8 Å². The van der Waals surface area contributed by atoms with Gasteiger partial charge in [-0.15, -0.1) is 11.8 Å². The maximum absolute atomic E-state index is 11.7. The summed E-state index contributed by atoms with van der Waals surface area (Å²) in [6.07, 6.45) is 0. The van der Waals surface area contributed by atoms with Crippen molar-refractivity contribution in [3.8, 4) is 0 Å². The molecule has 8 nitrogen and oxygen atoms in total. The van der Waals surface area contributed by atoms with Gasteiger partial charge in [0.2, 0.25) is 11.8 Å². The number of carbonyl (C=O) groups is 4. The topological polar surface area (TPSA) is 139 Å². The summed E-state index contributed by atoms with van der Waals surface area (Å²) in [5.74, 6) is -2.37. The van der Waals surface area contributed by atoms with Gasteiger partial charge in [-0.3, -0.25) is 14.9 Å². The van der Waals surface area contributed by atoms with Crippen molar-refractivity contribution in [3.05, 3.63) is 0 Å². The molecule has 0 bridgehead atoms. The van der Waals surface area contributed by atoms with Crippen LogP contribution in [0.3, 0.4) is 0 Å². The van der Waals surface area contributed by atoms with Gasteiger partial charge in [0.15, 0.2) is 0 Å². The maximum atomic E-state index is 11.7. The van der Waals surface area contributed by atoms with Crippen LogP contribution < -0.4 is 16.4 Å². The minimum Gasteiger partial charge on any atom is -0.480 e. The molecule has 1 unspecified atom stereocenters. The monoisotopic (exact) mass is 305 g/mol. The Morgan fingerprint density at radius 1 is 1.25 bits per heavy atom. The Morgan fingerprint density at radius 2 is 1.80 bits per heavy atom. The zero-order valence-corrected chi connectivity index (χ0v) is 12.3. The van der Waals surface area contributed by atoms with Crippen LogP contribution >= 0.6 is 11.8 Å². The van der Waals surface area contributed by atoms with E-state index in [4.69, 9.17) is 10.8 Å². The number of carbonyl (C=O) groups excluding carboxylic acids is 3. The molecule has 0 aliphatic heterocycles. The number of urea groups is 1. The summed E-state index contributed by atoms with van der Waals surface area (Å²) < 4.78 is 0. The Bertz CT molecular complexity index is 400. The van der Waals surface area contributed by atoms with E-state index in [1.54, 1.807) is 13.8 Å². The number of primary amides is 1. The van der Waals surface area contributed by atoms with E-state index in [9.17, 15) is 19.2 Å². The summed E-state index contributed by atoms with van der Waals surface area (Å²) in [5, 5.41) is 12.5. The predicted molar refractivity (Wildman–Crippen MR) is 74.1 cm³/mol. The minimum atomic E-state index is -1.19. The van der Waals surface area contributed by atoms with Crippen LogP contribution in [0.4, 0.5) is 4.79 Å². The third-order valence-corrected chi connectivity index (χ3v) is 3.87. The Labute approximate surface area is 120 Å². The molecule has 0 saturated carbocycles. The van der Waals surface area contributed by atoms with Gasteiger partial charge in [0, 0.05) is 12.7 Å². The number of nitrogens with two attached hydrogens (primary N) is 1. The molecule has 0 spiro atoms. The van der Waals surface area contributed by atoms with Crippen LogP contribution in [0.1, 0.15) is 20.8 Å². The number of amides is 4. The van der Waals surface area contributed by atoms with Crippen molar-refractivity contribution in [2.45, 2.75) is 32.1 Å². The van der Waals surface area contributed by atoms with Crippen molar-refractivity contribution in [2.75, 3.05) is 5.75 Å². The van der Waals surface area contributed by atoms with E-state index in [0.717, 1.165) is 11.8 Å². The molecule has 2 atom stereocenters. The molecule has 0 heterocycles. The largest absolute Gasteiger partial charge is 0.480 e. The molecular weight excluding hydrogens is 286 g/mol. The molecule has 0 aromatic heterocycles. The highest BCUT2D eigenvalue weighted by atomic mass is 32.2. The van der Waals surface area contributed by atoms with Crippen molar-refractivity contribution in [1.29, 1.82) is 0 Å². The fourth-order valence-electron chi connectivity index (χ4n) is 1.38. The number of thioether (sulfide) groups is 1. The number of rotatable bonds is 7. The van der Waals surface area contributed by atoms with E-state index in [1.165, 1.54) is 6.92 Å². The van der Waals surface area contributed by atoms with Gasteiger partial charge in [-0.05, 0) is 5.92 Å². The molecule has 0 aromatic carbocycles. The van der Waals surface area contributed by atoms with Crippen LogP contribution in [0.5, 0.6) is 0 Å². The van der Waals surface area contributed by atoms with Crippen LogP contribution in [-0.4, -0.2) is 46.0 Å². The number of hydrogen-bond acceptors (Lipinski definition) is 5. The molecule has 0 aliphatic rings. The van der Waals surface area contributed by atoms with E-state index < -0.39 is 35.1 Å². The van der Waals surface area contributed by atoms with Crippen LogP contribution in [0.2, 0.25) is 0 Å². The normalized spacial score (nSPS) is 13.4. The number of hydrogen-bond donors (Lipinski definition) is 4. The molecule has 0 radical (unpaired) electrons. The highest BCUT2D eigenvalue weighted by Gasteiger charge is 2.27. The fourth-order valence-corrected chi connectivity index (χ4v) is 2.60. The lowest BCUT2D eigenvalue weighted by atomic mass is 10.1. The Hall–Kier alpha value is -1.77. The Morgan fingerprint density at radius 3 is 2.15 bits per heavy atom. The first-order chi connectivity index (χ1) is 9.15. The van der Waals surface area contributed by atoms with E-state index >= 15 is 0 Å².